The van der Waals surface area contributed by atoms with Gasteiger partial charge in [-0.15, -0.1) is 0 Å². The summed E-state index contributed by atoms with van der Waals surface area (Å²) in [5.41, 5.74) is 3.04. The van der Waals surface area contributed by atoms with E-state index in [0.29, 0.717) is 6.54 Å². The summed E-state index contributed by atoms with van der Waals surface area (Å²) in [5, 5.41) is 6.19. The van der Waals surface area contributed by atoms with Gasteiger partial charge in [-0.2, -0.15) is 0 Å². The zero-order valence-corrected chi connectivity index (χ0v) is 10.5. The Bertz CT molecular complexity index is 583. The molecule has 1 aliphatic heterocycles. The Morgan fingerprint density at radius 1 is 1.26 bits per heavy atom. The minimum absolute atomic E-state index is 0.00708. The number of benzene rings is 1. The standard InChI is InChI=1S/C15H15N3O/c19-15(18-12-5-3-7-16-9-12)14-10-17-8-11-4-1-2-6-13(11)14/h1-7,9,14,17H,8,10H2,(H,18,19). The minimum Gasteiger partial charge on any atom is -0.324 e. The molecule has 2 heterocycles. The molecule has 1 aromatic heterocycles. The Morgan fingerprint density at radius 2 is 2.16 bits per heavy atom. The first-order chi connectivity index (χ1) is 9.34. The van der Waals surface area contributed by atoms with E-state index in [-0.39, 0.29) is 11.8 Å². The predicted octanol–water partition coefficient (Wildman–Crippen LogP) is 1.91. The molecular formula is C15H15N3O. The molecule has 0 fully saturated rings. The second-order valence-corrected chi connectivity index (χ2v) is 4.61. The monoisotopic (exact) mass is 253 g/mol. The molecule has 1 unspecified atom stereocenters. The van der Waals surface area contributed by atoms with Crippen molar-refractivity contribution >= 4 is 11.6 Å². The highest BCUT2D eigenvalue weighted by Gasteiger charge is 2.25. The Hall–Kier alpha value is -2.20. The van der Waals surface area contributed by atoms with Crippen molar-refractivity contribution in [2.24, 2.45) is 0 Å². The maximum atomic E-state index is 12.4. The van der Waals surface area contributed by atoms with Crippen molar-refractivity contribution in [3.05, 3.63) is 59.9 Å². The summed E-state index contributed by atoms with van der Waals surface area (Å²) in [6.45, 7) is 1.50. The number of fused-ring (bicyclic) bond motifs is 1. The largest absolute Gasteiger partial charge is 0.324 e. The Morgan fingerprint density at radius 3 is 3.00 bits per heavy atom. The van der Waals surface area contributed by atoms with Gasteiger partial charge in [0.2, 0.25) is 5.91 Å². The maximum Gasteiger partial charge on any atom is 0.233 e. The van der Waals surface area contributed by atoms with E-state index in [0.717, 1.165) is 17.8 Å². The van der Waals surface area contributed by atoms with Crippen molar-refractivity contribution in [2.75, 3.05) is 11.9 Å². The van der Waals surface area contributed by atoms with Crippen LogP contribution in [0, 0.1) is 0 Å². The van der Waals surface area contributed by atoms with Gasteiger partial charge in [-0.05, 0) is 23.3 Å². The number of aromatic nitrogens is 1. The normalized spacial score (nSPS) is 17.6. The van der Waals surface area contributed by atoms with E-state index in [9.17, 15) is 4.79 Å². The topological polar surface area (TPSA) is 54.0 Å². The van der Waals surface area contributed by atoms with Crippen molar-refractivity contribution in [2.45, 2.75) is 12.5 Å². The smallest absolute Gasteiger partial charge is 0.233 e. The van der Waals surface area contributed by atoms with Gasteiger partial charge in [0.1, 0.15) is 0 Å². The number of carbonyl (C=O) groups is 1. The summed E-state index contributed by atoms with van der Waals surface area (Å²) >= 11 is 0. The molecule has 1 aliphatic rings. The lowest BCUT2D eigenvalue weighted by Crippen LogP contribution is -2.35. The van der Waals surface area contributed by atoms with E-state index >= 15 is 0 Å². The quantitative estimate of drug-likeness (QED) is 0.859. The van der Waals surface area contributed by atoms with E-state index < -0.39 is 0 Å². The van der Waals surface area contributed by atoms with Gasteiger partial charge >= 0.3 is 0 Å². The first-order valence-corrected chi connectivity index (χ1v) is 6.34. The number of hydrogen-bond acceptors (Lipinski definition) is 3. The van der Waals surface area contributed by atoms with Gasteiger partial charge in [-0.1, -0.05) is 24.3 Å². The molecule has 2 N–H and O–H groups in total. The first kappa shape index (κ1) is 11.9. The van der Waals surface area contributed by atoms with Crippen LogP contribution in [0.1, 0.15) is 17.0 Å². The lowest BCUT2D eigenvalue weighted by molar-refractivity contribution is -0.117. The molecule has 0 saturated carbocycles. The molecule has 1 aromatic carbocycles. The molecular weight excluding hydrogens is 238 g/mol. The van der Waals surface area contributed by atoms with Crippen LogP contribution in [0.15, 0.2) is 48.8 Å². The number of carbonyl (C=O) groups excluding carboxylic acids is 1. The fraction of sp³-hybridized carbons (Fsp3) is 0.200. The van der Waals surface area contributed by atoms with Gasteiger partial charge in [-0.3, -0.25) is 9.78 Å². The molecule has 3 rings (SSSR count). The van der Waals surface area contributed by atoms with Crippen LogP contribution in [-0.4, -0.2) is 17.4 Å². The van der Waals surface area contributed by atoms with E-state index in [4.69, 9.17) is 0 Å². The molecule has 0 radical (unpaired) electrons. The van der Waals surface area contributed by atoms with Crippen molar-refractivity contribution in [3.8, 4) is 0 Å². The number of nitrogens with one attached hydrogen (secondary N) is 2. The lowest BCUT2D eigenvalue weighted by Gasteiger charge is -2.25. The number of rotatable bonds is 2. The molecule has 0 aliphatic carbocycles. The van der Waals surface area contributed by atoms with Crippen LogP contribution in [0.2, 0.25) is 0 Å². The van der Waals surface area contributed by atoms with Crippen molar-refractivity contribution in [1.82, 2.24) is 10.3 Å². The fourth-order valence-corrected chi connectivity index (χ4v) is 2.40. The van der Waals surface area contributed by atoms with Crippen molar-refractivity contribution < 1.29 is 4.79 Å². The van der Waals surface area contributed by atoms with Crippen LogP contribution in [0.5, 0.6) is 0 Å². The summed E-state index contributed by atoms with van der Waals surface area (Å²) in [4.78, 5) is 16.3. The average Bonchev–Trinajstić information content (AvgIpc) is 2.47. The van der Waals surface area contributed by atoms with Crippen LogP contribution in [0.4, 0.5) is 5.69 Å². The van der Waals surface area contributed by atoms with Gasteiger partial charge in [0, 0.05) is 19.3 Å². The zero-order valence-electron chi connectivity index (χ0n) is 10.5. The van der Waals surface area contributed by atoms with Gasteiger partial charge < -0.3 is 10.6 Å². The Labute approximate surface area is 111 Å². The summed E-state index contributed by atoms with van der Waals surface area (Å²) in [5.74, 6) is -0.141. The predicted molar refractivity (Wildman–Crippen MR) is 73.8 cm³/mol. The maximum absolute atomic E-state index is 12.4. The van der Waals surface area contributed by atoms with E-state index in [1.54, 1.807) is 12.4 Å². The van der Waals surface area contributed by atoms with Crippen LogP contribution in [0.25, 0.3) is 0 Å². The zero-order chi connectivity index (χ0) is 13.1. The number of amides is 1. The van der Waals surface area contributed by atoms with Gasteiger partial charge in [0.15, 0.2) is 0 Å². The molecule has 1 atom stereocenters. The summed E-state index contributed by atoms with van der Waals surface area (Å²) in [6.07, 6.45) is 3.34. The number of pyridine rings is 1. The molecule has 4 heteroatoms. The van der Waals surface area contributed by atoms with E-state index in [2.05, 4.69) is 21.7 Å². The summed E-state index contributed by atoms with van der Waals surface area (Å²) < 4.78 is 0. The van der Waals surface area contributed by atoms with Gasteiger partial charge in [0.05, 0.1) is 17.8 Å². The van der Waals surface area contributed by atoms with E-state index in [1.165, 1.54) is 5.56 Å². The third-order valence-corrected chi connectivity index (χ3v) is 3.34. The van der Waals surface area contributed by atoms with Crippen molar-refractivity contribution in [3.63, 3.8) is 0 Å². The molecule has 0 bridgehead atoms. The average molecular weight is 253 g/mol. The highest BCUT2D eigenvalue weighted by molar-refractivity contribution is 5.96. The molecule has 0 spiro atoms. The Kier molecular flexibility index (Phi) is 3.25. The third-order valence-electron chi connectivity index (χ3n) is 3.34. The molecule has 4 nitrogen and oxygen atoms in total. The first-order valence-electron chi connectivity index (χ1n) is 6.34. The molecule has 1 amide bonds. The number of hydrogen-bond donors (Lipinski definition) is 2. The minimum atomic E-state index is -0.148. The fourth-order valence-electron chi connectivity index (χ4n) is 2.40. The Balaban J connectivity index is 1.82. The van der Waals surface area contributed by atoms with Crippen LogP contribution in [0.3, 0.4) is 0 Å². The third kappa shape index (κ3) is 2.48. The SMILES string of the molecule is O=C(Nc1cccnc1)C1CNCc2ccccc21. The van der Waals surface area contributed by atoms with Crippen LogP contribution < -0.4 is 10.6 Å². The van der Waals surface area contributed by atoms with Gasteiger partial charge in [0.25, 0.3) is 0 Å². The van der Waals surface area contributed by atoms with Crippen LogP contribution >= 0.6 is 0 Å². The summed E-state index contributed by atoms with van der Waals surface area (Å²) in [7, 11) is 0. The molecule has 0 saturated heterocycles. The second kappa shape index (κ2) is 5.20. The summed E-state index contributed by atoms with van der Waals surface area (Å²) in [6, 6.07) is 11.7. The van der Waals surface area contributed by atoms with Crippen LogP contribution in [-0.2, 0) is 11.3 Å². The van der Waals surface area contributed by atoms with Gasteiger partial charge in [-0.25, -0.2) is 0 Å². The van der Waals surface area contributed by atoms with E-state index in [1.807, 2.05) is 30.3 Å². The second-order valence-electron chi connectivity index (χ2n) is 4.61. The van der Waals surface area contributed by atoms with Crippen molar-refractivity contribution in [1.29, 1.82) is 0 Å². The number of anilines is 1. The highest BCUT2D eigenvalue weighted by atomic mass is 16.1. The highest BCUT2D eigenvalue weighted by Crippen LogP contribution is 2.24. The molecule has 96 valence electrons. The molecule has 2 aromatic rings. The molecule has 19 heavy (non-hydrogen) atoms. The lowest BCUT2D eigenvalue weighted by atomic mass is 9.90. The number of nitrogens with zero attached hydrogens (tertiary/aromatic N) is 1.